The van der Waals surface area contributed by atoms with Crippen LogP contribution in [0.1, 0.15) is 23.2 Å². The lowest BCUT2D eigenvalue weighted by atomic mass is 9.98. The van der Waals surface area contributed by atoms with Crippen molar-refractivity contribution in [1.82, 2.24) is 5.32 Å². The van der Waals surface area contributed by atoms with E-state index in [-0.39, 0.29) is 5.91 Å². The number of nitrogens with one attached hydrogen (secondary N) is 1. The second kappa shape index (κ2) is 12.0. The van der Waals surface area contributed by atoms with Crippen molar-refractivity contribution in [3.8, 4) is 16.9 Å². The first-order valence-electron chi connectivity index (χ1n) is 12.1. The normalized spacial score (nSPS) is 16.4. The minimum Gasteiger partial charge on any atom is -0.492 e. The summed E-state index contributed by atoms with van der Waals surface area (Å²) in [5.74, 6) is -0.0548. The molecule has 0 saturated carbocycles. The number of primary amides is 1. The number of carbonyl (C=O) groups excluding carboxylic acids is 2. The molecule has 1 aliphatic rings. The van der Waals surface area contributed by atoms with Crippen molar-refractivity contribution in [2.24, 2.45) is 5.73 Å². The maximum atomic E-state index is 13.6. The molecule has 1 unspecified atom stereocenters. The van der Waals surface area contributed by atoms with Gasteiger partial charge in [-0.25, -0.2) is 0 Å². The van der Waals surface area contributed by atoms with E-state index in [9.17, 15) is 14.2 Å². The minimum atomic E-state index is -3.01. The molecular formula is C28H31N2O5PS. The van der Waals surface area contributed by atoms with Gasteiger partial charge in [0.25, 0.3) is 5.91 Å². The summed E-state index contributed by atoms with van der Waals surface area (Å²) in [5, 5.41) is 1.81. The van der Waals surface area contributed by atoms with Crippen LogP contribution in [0.3, 0.4) is 0 Å². The maximum absolute atomic E-state index is 13.6. The van der Waals surface area contributed by atoms with Gasteiger partial charge < -0.3 is 25.1 Å². The largest absolute Gasteiger partial charge is 0.492 e. The summed E-state index contributed by atoms with van der Waals surface area (Å²) in [5.41, 5.74) is 8.44. The molecule has 1 aliphatic heterocycles. The van der Waals surface area contributed by atoms with Crippen molar-refractivity contribution in [2.45, 2.75) is 22.9 Å². The molecule has 37 heavy (non-hydrogen) atoms. The molecular weight excluding hydrogens is 507 g/mol. The van der Waals surface area contributed by atoms with Crippen LogP contribution in [0.2, 0.25) is 0 Å². The fourth-order valence-electron chi connectivity index (χ4n) is 4.33. The Morgan fingerprint density at radius 2 is 1.59 bits per heavy atom. The molecule has 0 radical (unpaired) electrons. The zero-order chi connectivity index (χ0) is 26.3. The van der Waals surface area contributed by atoms with Crippen LogP contribution in [-0.4, -0.2) is 50.0 Å². The number of amides is 2. The van der Waals surface area contributed by atoms with E-state index in [0.29, 0.717) is 50.5 Å². The van der Waals surface area contributed by atoms with E-state index >= 15 is 0 Å². The van der Waals surface area contributed by atoms with Gasteiger partial charge in [0.1, 0.15) is 17.5 Å². The summed E-state index contributed by atoms with van der Waals surface area (Å²) in [6.45, 7) is 3.05. The fraction of sp³-hybridized carbons (Fsp3) is 0.286. The quantitative estimate of drug-likeness (QED) is 0.272. The molecule has 1 heterocycles. The number of hydrogen-bond donors (Lipinski definition) is 2. The Balaban J connectivity index is 1.25. The van der Waals surface area contributed by atoms with Crippen molar-refractivity contribution >= 4 is 29.5 Å². The van der Waals surface area contributed by atoms with E-state index in [0.717, 1.165) is 16.0 Å². The minimum absolute atomic E-state index is 0.162. The van der Waals surface area contributed by atoms with Crippen LogP contribution in [-0.2, 0) is 14.1 Å². The van der Waals surface area contributed by atoms with Crippen LogP contribution in [0, 0.1) is 0 Å². The predicted molar refractivity (Wildman–Crippen MR) is 148 cm³/mol. The van der Waals surface area contributed by atoms with Crippen LogP contribution >= 0.6 is 17.7 Å². The number of benzene rings is 3. The van der Waals surface area contributed by atoms with Crippen LogP contribution < -0.4 is 15.8 Å². The van der Waals surface area contributed by atoms with Gasteiger partial charge in [0.2, 0.25) is 5.91 Å². The molecule has 0 aromatic heterocycles. The molecule has 3 aromatic rings. The smallest absolute Gasteiger partial charge is 0.251 e. The first-order valence-corrected chi connectivity index (χ1v) is 15.7. The van der Waals surface area contributed by atoms with E-state index in [4.69, 9.17) is 15.2 Å². The topological polar surface area (TPSA) is 108 Å². The van der Waals surface area contributed by atoms with E-state index in [1.165, 1.54) is 11.4 Å². The second-order valence-corrected chi connectivity index (χ2v) is 14.8. The Morgan fingerprint density at radius 3 is 2.22 bits per heavy atom. The lowest BCUT2D eigenvalue weighted by molar-refractivity contribution is -0.122. The van der Waals surface area contributed by atoms with Gasteiger partial charge in [-0.15, -0.1) is 0 Å². The molecule has 4 rings (SSSR count). The average Bonchev–Trinajstić information content (AvgIpc) is 2.92. The molecule has 9 heteroatoms. The summed E-state index contributed by atoms with van der Waals surface area (Å²) in [6, 6.07) is 24.7. The molecule has 0 spiro atoms. The van der Waals surface area contributed by atoms with Gasteiger partial charge >= 0.3 is 0 Å². The zero-order valence-electron chi connectivity index (χ0n) is 20.7. The maximum Gasteiger partial charge on any atom is 0.251 e. The fourth-order valence-corrected chi connectivity index (χ4v) is 9.47. The molecule has 1 atom stereocenters. The highest BCUT2D eigenvalue weighted by molar-refractivity contribution is 8.58. The Kier molecular flexibility index (Phi) is 8.75. The van der Waals surface area contributed by atoms with Gasteiger partial charge in [-0.05, 0) is 67.0 Å². The van der Waals surface area contributed by atoms with Crippen LogP contribution in [0.5, 0.6) is 5.75 Å². The standard InChI is InChI=1S/C28H31N2O5PS/c1-36(33,28(27(29)32)15-18-34-19-16-28)37-25-13-11-24(12-14-25)35-20-17-30-26(31)23-9-7-22(8-10-23)21-5-3-2-4-6-21/h2-14H,15-20H2,1H3,(H2,29,32)(H,30,31). The Bertz CT molecular complexity index is 1260. The third kappa shape index (κ3) is 6.45. The number of nitrogens with two attached hydrogens (primary N) is 1. The average molecular weight is 539 g/mol. The first-order chi connectivity index (χ1) is 17.8. The monoisotopic (exact) mass is 538 g/mol. The van der Waals surface area contributed by atoms with Crippen molar-refractivity contribution in [1.29, 1.82) is 0 Å². The lowest BCUT2D eigenvalue weighted by Crippen LogP contribution is -2.47. The highest BCUT2D eigenvalue weighted by Crippen LogP contribution is 2.70. The third-order valence-corrected chi connectivity index (χ3v) is 12.4. The number of rotatable bonds is 10. The highest BCUT2D eigenvalue weighted by Gasteiger charge is 2.51. The highest BCUT2D eigenvalue weighted by atomic mass is 32.7. The van der Waals surface area contributed by atoms with Crippen LogP contribution in [0.4, 0.5) is 0 Å². The van der Waals surface area contributed by atoms with Crippen LogP contribution in [0.25, 0.3) is 11.1 Å². The van der Waals surface area contributed by atoms with E-state index < -0.39 is 17.4 Å². The van der Waals surface area contributed by atoms with Gasteiger partial charge in [-0.3, -0.25) is 9.59 Å². The molecule has 2 amide bonds. The van der Waals surface area contributed by atoms with Gasteiger partial charge in [0.05, 0.1) is 6.54 Å². The Labute approximate surface area is 221 Å². The molecule has 0 aliphatic carbocycles. The molecule has 7 nitrogen and oxygen atoms in total. The third-order valence-electron chi connectivity index (χ3n) is 6.57. The molecule has 1 saturated heterocycles. The number of ether oxygens (including phenoxy) is 2. The van der Waals surface area contributed by atoms with Crippen molar-refractivity contribution in [3.05, 3.63) is 84.4 Å². The molecule has 1 fully saturated rings. The molecule has 3 N–H and O–H groups in total. The van der Waals surface area contributed by atoms with Gasteiger partial charge in [-0.2, -0.15) is 0 Å². The Morgan fingerprint density at radius 1 is 0.973 bits per heavy atom. The predicted octanol–water partition coefficient (Wildman–Crippen LogP) is 5.20. The van der Waals surface area contributed by atoms with Gasteiger partial charge in [0.15, 0.2) is 6.34 Å². The van der Waals surface area contributed by atoms with Gasteiger partial charge in [-0.1, -0.05) is 53.8 Å². The van der Waals surface area contributed by atoms with E-state index in [1.807, 2.05) is 66.7 Å². The first kappa shape index (κ1) is 27.0. The molecule has 3 aromatic carbocycles. The van der Waals surface area contributed by atoms with Crippen molar-refractivity contribution in [2.75, 3.05) is 33.0 Å². The summed E-state index contributed by atoms with van der Waals surface area (Å²) < 4.78 is 24.7. The summed E-state index contributed by atoms with van der Waals surface area (Å²) in [7, 11) is 0. The van der Waals surface area contributed by atoms with Crippen molar-refractivity contribution < 1.29 is 23.6 Å². The van der Waals surface area contributed by atoms with E-state index in [1.54, 1.807) is 18.8 Å². The molecule has 194 valence electrons. The number of carbonyl (C=O) groups is 2. The number of hydrogen-bond acceptors (Lipinski definition) is 6. The summed E-state index contributed by atoms with van der Waals surface area (Å²) in [4.78, 5) is 25.5. The summed E-state index contributed by atoms with van der Waals surface area (Å²) >= 11 is 1.20. The second-order valence-electron chi connectivity index (χ2n) is 8.96. The summed E-state index contributed by atoms with van der Waals surface area (Å²) in [6.07, 6.45) is -2.27. The SMILES string of the molecule is CP(=O)(Sc1ccc(OCCNC(=O)c2ccc(-c3ccccc3)cc2)cc1)C1(C(N)=O)CCOCC1. The van der Waals surface area contributed by atoms with Gasteiger partial charge in [0, 0.05) is 23.7 Å². The van der Waals surface area contributed by atoms with Crippen molar-refractivity contribution in [3.63, 3.8) is 0 Å². The Hall–Kier alpha value is -3.06. The van der Waals surface area contributed by atoms with Crippen LogP contribution in [0.15, 0.2) is 83.8 Å². The lowest BCUT2D eigenvalue weighted by Gasteiger charge is -2.38. The molecule has 0 bridgehead atoms. The van der Waals surface area contributed by atoms with E-state index in [2.05, 4.69) is 5.32 Å². The zero-order valence-corrected chi connectivity index (χ0v) is 22.4.